The lowest BCUT2D eigenvalue weighted by atomic mass is 10.1. The van der Waals surface area contributed by atoms with Crippen LogP contribution in [-0.4, -0.2) is 0 Å². The normalized spacial score (nSPS) is 12.1. The average Bonchev–Trinajstić information content (AvgIpc) is 2.91. The summed E-state index contributed by atoms with van der Waals surface area (Å²) in [6.07, 6.45) is 1.60. The molecule has 1 aromatic carbocycles. The monoisotopic (exact) mass is 244 g/mol. The molecule has 1 atom stereocenters. The number of nitrogens with one attached hydrogen (secondary N) is 1. The van der Waals surface area contributed by atoms with Gasteiger partial charge in [-0.25, -0.2) is 4.39 Å². The summed E-state index contributed by atoms with van der Waals surface area (Å²) in [4.78, 5) is 0. The van der Waals surface area contributed by atoms with Crippen LogP contribution in [-0.2, 0) is 6.54 Å². The standard InChI is InChI=1S/C14H13FN2O/c1-10(14-3-2-6-18-14)17-9-12-7-11(8-16)4-5-13(12)15/h2-7,10,17H,9H2,1H3/t10-/m1/s1. The van der Waals surface area contributed by atoms with E-state index in [1.165, 1.54) is 12.1 Å². The highest BCUT2D eigenvalue weighted by molar-refractivity contribution is 5.33. The second kappa shape index (κ2) is 5.48. The number of nitrogens with zero attached hydrogens (tertiary/aromatic N) is 1. The number of halogens is 1. The first kappa shape index (κ1) is 12.3. The van der Waals surface area contributed by atoms with E-state index in [0.717, 1.165) is 5.76 Å². The summed E-state index contributed by atoms with van der Waals surface area (Å²) < 4.78 is 18.8. The molecule has 0 amide bonds. The summed E-state index contributed by atoms with van der Waals surface area (Å²) in [6, 6.07) is 9.99. The van der Waals surface area contributed by atoms with E-state index in [-0.39, 0.29) is 11.9 Å². The molecule has 0 bridgehead atoms. The maximum atomic E-state index is 13.5. The minimum atomic E-state index is -0.312. The highest BCUT2D eigenvalue weighted by Crippen LogP contribution is 2.15. The molecule has 0 aliphatic carbocycles. The summed E-state index contributed by atoms with van der Waals surface area (Å²) >= 11 is 0. The van der Waals surface area contributed by atoms with Crippen molar-refractivity contribution in [2.24, 2.45) is 0 Å². The van der Waals surface area contributed by atoms with Gasteiger partial charge in [-0.3, -0.25) is 0 Å². The number of hydrogen-bond acceptors (Lipinski definition) is 3. The predicted molar refractivity (Wildman–Crippen MR) is 65.1 cm³/mol. The van der Waals surface area contributed by atoms with Crippen LogP contribution in [0.3, 0.4) is 0 Å². The van der Waals surface area contributed by atoms with Crippen LogP contribution in [0.1, 0.15) is 29.9 Å². The fraction of sp³-hybridized carbons (Fsp3) is 0.214. The van der Waals surface area contributed by atoms with E-state index < -0.39 is 0 Å². The third-order valence-electron chi connectivity index (χ3n) is 2.74. The highest BCUT2D eigenvalue weighted by Gasteiger charge is 2.09. The second-order valence-electron chi connectivity index (χ2n) is 4.04. The van der Waals surface area contributed by atoms with Crippen LogP contribution in [0.25, 0.3) is 0 Å². The molecule has 1 aromatic heterocycles. The van der Waals surface area contributed by atoms with Crippen molar-refractivity contribution in [3.63, 3.8) is 0 Å². The molecule has 0 saturated heterocycles. The van der Waals surface area contributed by atoms with E-state index in [0.29, 0.717) is 17.7 Å². The molecule has 2 aromatic rings. The molecule has 2 rings (SSSR count). The van der Waals surface area contributed by atoms with Gasteiger partial charge in [0.25, 0.3) is 0 Å². The van der Waals surface area contributed by atoms with Gasteiger partial charge in [0.15, 0.2) is 0 Å². The van der Waals surface area contributed by atoms with E-state index in [1.807, 2.05) is 25.1 Å². The van der Waals surface area contributed by atoms with Crippen LogP contribution in [0.4, 0.5) is 4.39 Å². The Hall–Kier alpha value is -2.12. The molecule has 0 aliphatic heterocycles. The Morgan fingerprint density at radius 3 is 2.94 bits per heavy atom. The van der Waals surface area contributed by atoms with E-state index in [9.17, 15) is 4.39 Å². The minimum absolute atomic E-state index is 0.00913. The minimum Gasteiger partial charge on any atom is -0.468 e. The Bertz CT molecular complexity index is 558. The van der Waals surface area contributed by atoms with Crippen molar-refractivity contribution in [3.05, 3.63) is 59.3 Å². The van der Waals surface area contributed by atoms with E-state index in [1.54, 1.807) is 12.3 Å². The largest absolute Gasteiger partial charge is 0.468 e. The molecule has 0 unspecified atom stereocenters. The predicted octanol–water partition coefficient (Wildman–Crippen LogP) is 3.14. The van der Waals surface area contributed by atoms with Crippen LogP contribution in [0.2, 0.25) is 0 Å². The number of benzene rings is 1. The summed E-state index contributed by atoms with van der Waals surface area (Å²) in [6.45, 7) is 2.29. The van der Waals surface area contributed by atoms with Crippen LogP contribution in [0.15, 0.2) is 41.0 Å². The first-order valence-electron chi connectivity index (χ1n) is 5.66. The fourth-order valence-electron chi connectivity index (χ4n) is 1.68. The van der Waals surface area contributed by atoms with Gasteiger partial charge in [0.2, 0.25) is 0 Å². The molecule has 18 heavy (non-hydrogen) atoms. The molecule has 0 fully saturated rings. The Kier molecular flexibility index (Phi) is 3.75. The molecule has 3 nitrogen and oxygen atoms in total. The van der Waals surface area contributed by atoms with E-state index >= 15 is 0 Å². The zero-order chi connectivity index (χ0) is 13.0. The number of nitriles is 1. The molecule has 92 valence electrons. The summed E-state index contributed by atoms with van der Waals surface area (Å²) in [5.74, 6) is 0.486. The lowest BCUT2D eigenvalue weighted by molar-refractivity contribution is 0.427. The fourth-order valence-corrected chi connectivity index (χ4v) is 1.68. The smallest absolute Gasteiger partial charge is 0.127 e. The first-order chi connectivity index (χ1) is 8.70. The van der Waals surface area contributed by atoms with Crippen molar-refractivity contribution in [2.45, 2.75) is 19.5 Å². The molecule has 0 spiro atoms. The second-order valence-corrected chi connectivity index (χ2v) is 4.04. The summed E-state index contributed by atoms with van der Waals surface area (Å²) in [7, 11) is 0. The zero-order valence-corrected chi connectivity index (χ0v) is 9.98. The van der Waals surface area contributed by atoms with Crippen LogP contribution >= 0.6 is 0 Å². The summed E-state index contributed by atoms with van der Waals surface area (Å²) in [5, 5.41) is 11.9. The first-order valence-corrected chi connectivity index (χ1v) is 5.66. The molecule has 0 saturated carbocycles. The molecular formula is C14H13FN2O. The maximum Gasteiger partial charge on any atom is 0.127 e. The zero-order valence-electron chi connectivity index (χ0n) is 9.98. The van der Waals surface area contributed by atoms with Crippen molar-refractivity contribution in [1.82, 2.24) is 5.32 Å². The molecule has 0 aliphatic rings. The van der Waals surface area contributed by atoms with Crippen LogP contribution in [0, 0.1) is 17.1 Å². The van der Waals surface area contributed by atoms with Crippen molar-refractivity contribution in [1.29, 1.82) is 5.26 Å². The lowest BCUT2D eigenvalue weighted by Gasteiger charge is -2.11. The third kappa shape index (κ3) is 2.76. The molecular weight excluding hydrogens is 231 g/mol. The quantitative estimate of drug-likeness (QED) is 0.898. The van der Waals surface area contributed by atoms with Crippen molar-refractivity contribution in [2.75, 3.05) is 0 Å². The lowest BCUT2D eigenvalue weighted by Crippen LogP contribution is -2.18. The van der Waals surface area contributed by atoms with Gasteiger partial charge in [0.1, 0.15) is 11.6 Å². The number of furan rings is 1. The van der Waals surface area contributed by atoms with Gasteiger partial charge in [-0.1, -0.05) is 0 Å². The van der Waals surface area contributed by atoms with Crippen LogP contribution in [0.5, 0.6) is 0 Å². The van der Waals surface area contributed by atoms with Gasteiger partial charge >= 0.3 is 0 Å². The van der Waals surface area contributed by atoms with Crippen LogP contribution < -0.4 is 5.32 Å². The van der Waals surface area contributed by atoms with E-state index in [4.69, 9.17) is 9.68 Å². The Balaban J connectivity index is 2.04. The molecule has 1 N–H and O–H groups in total. The number of hydrogen-bond donors (Lipinski definition) is 1. The van der Waals surface area contributed by atoms with Crippen molar-refractivity contribution < 1.29 is 8.81 Å². The highest BCUT2D eigenvalue weighted by atomic mass is 19.1. The Morgan fingerprint density at radius 1 is 1.44 bits per heavy atom. The maximum absolute atomic E-state index is 13.5. The van der Waals surface area contributed by atoms with Gasteiger partial charge in [-0.2, -0.15) is 5.26 Å². The number of rotatable bonds is 4. The topological polar surface area (TPSA) is 49.0 Å². The Labute approximate surface area is 105 Å². The molecule has 0 radical (unpaired) electrons. The van der Waals surface area contributed by atoms with Crippen molar-refractivity contribution >= 4 is 0 Å². The average molecular weight is 244 g/mol. The summed E-state index contributed by atoms with van der Waals surface area (Å²) in [5.41, 5.74) is 0.936. The SMILES string of the molecule is C[C@@H](NCc1cc(C#N)ccc1F)c1ccco1. The van der Waals surface area contributed by atoms with Gasteiger partial charge in [0, 0.05) is 12.1 Å². The third-order valence-corrected chi connectivity index (χ3v) is 2.74. The van der Waals surface area contributed by atoms with Gasteiger partial charge in [0.05, 0.1) is 23.9 Å². The molecule has 4 heteroatoms. The molecule has 1 heterocycles. The van der Waals surface area contributed by atoms with E-state index in [2.05, 4.69) is 5.32 Å². The van der Waals surface area contributed by atoms with Gasteiger partial charge in [-0.05, 0) is 37.3 Å². The van der Waals surface area contributed by atoms with Gasteiger partial charge < -0.3 is 9.73 Å². The van der Waals surface area contributed by atoms with Gasteiger partial charge in [-0.15, -0.1) is 0 Å². The Morgan fingerprint density at radius 2 is 2.28 bits per heavy atom. The van der Waals surface area contributed by atoms with Crippen molar-refractivity contribution in [3.8, 4) is 6.07 Å².